The molecule has 0 fully saturated rings. The second-order valence-electron chi connectivity index (χ2n) is 0.390. The van der Waals surface area contributed by atoms with Gasteiger partial charge in [0.1, 0.15) is 0 Å². The van der Waals surface area contributed by atoms with Crippen molar-refractivity contribution in [2.45, 2.75) is 0 Å². The first-order chi connectivity index (χ1) is 2.27. The molecule has 0 spiro atoms. The van der Waals surface area contributed by atoms with Crippen molar-refractivity contribution in [2.24, 2.45) is 5.84 Å². The van der Waals surface area contributed by atoms with Gasteiger partial charge in [-0.3, -0.25) is 0 Å². The van der Waals surface area contributed by atoms with E-state index in [9.17, 15) is 4.79 Å². The molecular formula is CH3N2NiO. The molecule has 0 saturated heterocycles. The van der Waals surface area contributed by atoms with E-state index in [0.29, 0.717) is 0 Å². The summed E-state index contributed by atoms with van der Waals surface area (Å²) in [6.07, 6.45) is 0. The zero-order valence-electron chi connectivity index (χ0n) is 2.30. The van der Waals surface area contributed by atoms with E-state index in [1.807, 2.05) is 0 Å². The Hall–Kier alpha value is -0.0765. The maximum atomic E-state index is 9.41. The van der Waals surface area contributed by atoms with Gasteiger partial charge < -0.3 is 0 Å². The molecule has 3 nitrogen and oxygen atoms in total. The van der Waals surface area contributed by atoms with Crippen molar-refractivity contribution in [2.75, 3.05) is 0 Å². The monoisotopic (exact) mass is 117 g/mol. The molecule has 0 radical (unpaired) electrons. The van der Waals surface area contributed by atoms with E-state index in [2.05, 4.69) is 21.3 Å². The van der Waals surface area contributed by atoms with Gasteiger partial charge in [0.25, 0.3) is 0 Å². The molecule has 0 aliphatic rings. The van der Waals surface area contributed by atoms with Crippen LogP contribution in [0.3, 0.4) is 0 Å². The molecule has 0 bridgehead atoms. The van der Waals surface area contributed by atoms with Crippen LogP contribution in [0.25, 0.3) is 0 Å². The summed E-state index contributed by atoms with van der Waals surface area (Å²) in [7, 11) is 0. The van der Waals surface area contributed by atoms with E-state index in [-0.39, 0.29) is 0 Å². The van der Waals surface area contributed by atoms with Gasteiger partial charge in [0, 0.05) is 0 Å². The molecule has 0 saturated carbocycles. The number of carbonyl (C=O) groups is 1. The molecule has 0 aromatic rings. The average molecular weight is 118 g/mol. The number of amides is 1. The molecular weight excluding hydrogens is 115 g/mol. The Balaban J connectivity index is 2.85. The molecule has 0 atom stereocenters. The Labute approximate surface area is 37.2 Å². The molecule has 0 aromatic carbocycles. The van der Waals surface area contributed by atoms with Crippen molar-refractivity contribution >= 4 is 4.88 Å². The first-order valence-electron chi connectivity index (χ1n) is 0.901. The number of rotatable bonds is 0. The Kier molecular flexibility index (Phi) is 2.15. The van der Waals surface area contributed by atoms with Crippen LogP contribution in [0.2, 0.25) is 0 Å². The third kappa shape index (κ3) is 3.92. The van der Waals surface area contributed by atoms with Crippen LogP contribution in [0.4, 0.5) is 4.79 Å². The van der Waals surface area contributed by atoms with E-state index < -0.39 is 4.88 Å². The minimum atomic E-state index is -0.593. The Morgan fingerprint density at radius 1 is 2.00 bits per heavy atom. The molecule has 0 rings (SSSR count). The van der Waals surface area contributed by atoms with E-state index in [0.717, 1.165) is 0 Å². The molecule has 0 heterocycles. The molecule has 0 aliphatic heterocycles. The zero-order valence-corrected chi connectivity index (χ0v) is 3.29. The maximum absolute atomic E-state index is 9.41. The zero-order chi connectivity index (χ0) is 4.28. The van der Waals surface area contributed by atoms with Gasteiger partial charge in [-0.25, -0.2) is 0 Å². The van der Waals surface area contributed by atoms with Crippen LogP contribution in [0.1, 0.15) is 0 Å². The van der Waals surface area contributed by atoms with Gasteiger partial charge in [0.05, 0.1) is 0 Å². The summed E-state index contributed by atoms with van der Waals surface area (Å²) in [6.45, 7) is 0. The Morgan fingerprint density at radius 3 is 2.20 bits per heavy atom. The summed E-state index contributed by atoms with van der Waals surface area (Å²) in [5, 5.41) is 0. The fourth-order valence-electron chi connectivity index (χ4n) is 0. The molecule has 5 heavy (non-hydrogen) atoms. The van der Waals surface area contributed by atoms with E-state index >= 15 is 0 Å². The van der Waals surface area contributed by atoms with Crippen molar-refractivity contribution < 1.29 is 20.3 Å². The quantitative estimate of drug-likeness (QED) is 0.187. The molecule has 4 heteroatoms. The van der Waals surface area contributed by atoms with Gasteiger partial charge in [0.2, 0.25) is 0 Å². The molecule has 1 amide bonds. The van der Waals surface area contributed by atoms with Crippen molar-refractivity contribution in [3.05, 3.63) is 0 Å². The van der Waals surface area contributed by atoms with Gasteiger partial charge in [-0.05, 0) is 0 Å². The summed E-state index contributed by atoms with van der Waals surface area (Å²) in [5.41, 5.74) is 1.72. The summed E-state index contributed by atoms with van der Waals surface area (Å²) in [6, 6.07) is 0. The van der Waals surface area contributed by atoms with Crippen molar-refractivity contribution in [3.8, 4) is 0 Å². The predicted octanol–water partition coefficient (Wildman–Crippen LogP) is -0.883. The normalized spacial score (nSPS) is 7.00. The first kappa shape index (κ1) is 4.92. The average Bonchev–Trinajstić information content (AvgIpc) is 1.38. The second kappa shape index (κ2) is 2.18. The van der Waals surface area contributed by atoms with Gasteiger partial charge in [-0.15, -0.1) is 0 Å². The van der Waals surface area contributed by atoms with E-state index in [4.69, 9.17) is 0 Å². The number of carbonyl (C=O) groups excluding carboxylic acids is 1. The summed E-state index contributed by atoms with van der Waals surface area (Å²) >= 11 is 3.65. The van der Waals surface area contributed by atoms with E-state index in [1.54, 1.807) is 5.43 Å². The summed E-state index contributed by atoms with van der Waals surface area (Å²) in [5.74, 6) is 4.48. The number of nitrogens with one attached hydrogen (secondary N) is 1. The molecule has 0 aromatic heterocycles. The first-order valence-corrected chi connectivity index (χ1v) is 1.39. The standard InChI is InChI=1S/CH3N2O.Ni/c2-3-1-4;/h2H2,(H,3,4);. The van der Waals surface area contributed by atoms with Crippen LogP contribution in [-0.2, 0) is 15.5 Å². The van der Waals surface area contributed by atoms with Crippen LogP contribution >= 0.6 is 0 Å². The van der Waals surface area contributed by atoms with Crippen LogP contribution in [-0.4, -0.2) is 4.88 Å². The number of nitrogens with two attached hydrogens (primary N) is 1. The molecule has 3 N–H and O–H groups in total. The molecule has 0 aliphatic carbocycles. The third-order valence-corrected chi connectivity index (χ3v) is 0.247. The fourth-order valence-corrected chi connectivity index (χ4v) is 0. The van der Waals surface area contributed by atoms with Crippen LogP contribution in [0.5, 0.6) is 0 Å². The number of hydrogen-bond donors (Lipinski definition) is 2. The van der Waals surface area contributed by atoms with Gasteiger partial charge in [-0.1, -0.05) is 0 Å². The van der Waals surface area contributed by atoms with Gasteiger partial charge >= 0.3 is 36.4 Å². The third-order valence-electron chi connectivity index (χ3n) is 0.105. The van der Waals surface area contributed by atoms with Crippen LogP contribution in [0, 0.1) is 0 Å². The van der Waals surface area contributed by atoms with Crippen LogP contribution < -0.4 is 11.3 Å². The SMILES string of the molecule is NN[C](=O)[Ni]. The summed E-state index contributed by atoms with van der Waals surface area (Å²) in [4.78, 5) is 8.82. The second-order valence-corrected chi connectivity index (χ2v) is 0.839. The fraction of sp³-hybridized carbons (Fsp3) is 0. The van der Waals surface area contributed by atoms with Gasteiger partial charge in [0.15, 0.2) is 0 Å². The van der Waals surface area contributed by atoms with Crippen molar-refractivity contribution in [1.29, 1.82) is 0 Å². The topological polar surface area (TPSA) is 55.1 Å². The minimum absolute atomic E-state index is 0.593. The Bertz CT molecular complexity index is 44.9. The van der Waals surface area contributed by atoms with E-state index in [1.165, 1.54) is 0 Å². The molecule has 33 valence electrons. The summed E-state index contributed by atoms with van der Waals surface area (Å²) < 4.78 is 0. The predicted molar refractivity (Wildman–Crippen MR) is 12.7 cm³/mol. The number of hydrazine groups is 1. The van der Waals surface area contributed by atoms with Crippen LogP contribution in [0.15, 0.2) is 0 Å². The number of hydrogen-bond acceptors (Lipinski definition) is 2. The molecule has 0 unspecified atom stereocenters. The van der Waals surface area contributed by atoms with Crippen molar-refractivity contribution in [1.82, 2.24) is 5.43 Å². The van der Waals surface area contributed by atoms with Gasteiger partial charge in [-0.2, -0.15) is 0 Å². The van der Waals surface area contributed by atoms with Crippen molar-refractivity contribution in [3.63, 3.8) is 0 Å². The Morgan fingerprint density at radius 2 is 2.20 bits per heavy atom.